The van der Waals surface area contributed by atoms with Crippen LogP contribution in [0.25, 0.3) is 0 Å². The van der Waals surface area contributed by atoms with E-state index in [0.29, 0.717) is 5.91 Å². The summed E-state index contributed by atoms with van der Waals surface area (Å²) in [6.07, 6.45) is 4.81. The fraction of sp³-hybridized carbons (Fsp3) is 0.500. The third kappa shape index (κ3) is 3.02. The highest BCUT2D eigenvalue weighted by Crippen LogP contribution is 2.28. The molecule has 0 bridgehead atoms. The van der Waals surface area contributed by atoms with Crippen LogP contribution >= 0.6 is 11.3 Å². The summed E-state index contributed by atoms with van der Waals surface area (Å²) in [6.45, 7) is 5.27. The molecule has 0 aromatic carbocycles. The number of carbonyl (C=O) groups excluding carboxylic acids is 1. The molecule has 1 saturated heterocycles. The second kappa shape index (κ2) is 6.51. The van der Waals surface area contributed by atoms with Crippen molar-refractivity contribution in [3.63, 3.8) is 0 Å². The van der Waals surface area contributed by atoms with Crippen molar-refractivity contribution in [2.24, 2.45) is 5.92 Å². The van der Waals surface area contributed by atoms with Crippen molar-refractivity contribution in [1.82, 2.24) is 14.9 Å². The van der Waals surface area contributed by atoms with Crippen LogP contribution in [0.3, 0.4) is 0 Å². The van der Waals surface area contributed by atoms with E-state index in [9.17, 15) is 4.79 Å². The first kappa shape index (κ1) is 15.6. The Balaban J connectivity index is 1.45. The summed E-state index contributed by atoms with van der Waals surface area (Å²) in [4.78, 5) is 27.4. The molecule has 0 aliphatic carbocycles. The van der Waals surface area contributed by atoms with Crippen LogP contribution in [0.5, 0.6) is 0 Å². The molecule has 1 atom stereocenters. The first-order valence-electron chi connectivity index (χ1n) is 8.59. The predicted octanol–water partition coefficient (Wildman–Crippen LogP) is 2.65. The summed E-state index contributed by atoms with van der Waals surface area (Å²) in [5.74, 6) is 2.11. The van der Waals surface area contributed by atoms with E-state index in [1.165, 1.54) is 10.4 Å². The first-order chi connectivity index (χ1) is 11.7. The Morgan fingerprint density at radius 3 is 3.12 bits per heavy atom. The molecule has 1 unspecified atom stereocenters. The van der Waals surface area contributed by atoms with Gasteiger partial charge in [0.1, 0.15) is 11.6 Å². The lowest BCUT2D eigenvalue weighted by molar-refractivity contribution is -0.136. The zero-order valence-electron chi connectivity index (χ0n) is 13.9. The minimum Gasteiger partial charge on any atom is -0.356 e. The van der Waals surface area contributed by atoms with Gasteiger partial charge in [0.15, 0.2) is 0 Å². The van der Waals surface area contributed by atoms with Gasteiger partial charge < -0.3 is 9.80 Å². The van der Waals surface area contributed by atoms with E-state index in [2.05, 4.69) is 31.2 Å². The Morgan fingerprint density at radius 2 is 2.25 bits per heavy atom. The van der Waals surface area contributed by atoms with Crippen molar-refractivity contribution in [2.75, 3.05) is 24.5 Å². The highest BCUT2D eigenvalue weighted by molar-refractivity contribution is 7.10. The first-order valence-corrected chi connectivity index (χ1v) is 9.47. The maximum atomic E-state index is 13.0. The van der Waals surface area contributed by atoms with Gasteiger partial charge >= 0.3 is 0 Å². The highest BCUT2D eigenvalue weighted by atomic mass is 32.1. The highest BCUT2D eigenvalue weighted by Gasteiger charge is 2.31. The lowest BCUT2D eigenvalue weighted by atomic mass is 9.95. The molecule has 5 nitrogen and oxygen atoms in total. The molecule has 24 heavy (non-hydrogen) atoms. The number of thiophene rings is 1. The molecule has 2 aromatic rings. The molecular formula is C18H22N4OS. The second-order valence-corrected chi connectivity index (χ2v) is 7.63. The van der Waals surface area contributed by atoms with Gasteiger partial charge in [0.2, 0.25) is 5.91 Å². The van der Waals surface area contributed by atoms with Crippen LogP contribution in [0.4, 0.5) is 5.82 Å². The number of piperidine rings is 1. The van der Waals surface area contributed by atoms with Gasteiger partial charge in [0.05, 0.1) is 5.92 Å². The molecule has 126 valence electrons. The number of aromatic nitrogens is 2. The number of carbonyl (C=O) groups is 1. The fourth-order valence-electron chi connectivity index (χ4n) is 3.70. The van der Waals surface area contributed by atoms with Crippen LogP contribution in [0.15, 0.2) is 23.7 Å². The Hall–Kier alpha value is -1.95. The summed E-state index contributed by atoms with van der Waals surface area (Å²) in [5.41, 5.74) is 1.33. The lowest BCUT2D eigenvalue weighted by Crippen LogP contribution is -2.46. The molecule has 0 spiro atoms. The quantitative estimate of drug-likeness (QED) is 0.842. The van der Waals surface area contributed by atoms with E-state index >= 15 is 0 Å². The molecule has 4 rings (SSSR count). The molecule has 1 amide bonds. The van der Waals surface area contributed by atoms with Crippen LogP contribution in [-0.4, -0.2) is 40.4 Å². The van der Waals surface area contributed by atoms with Crippen LogP contribution in [0.2, 0.25) is 0 Å². The van der Waals surface area contributed by atoms with Gasteiger partial charge in [0, 0.05) is 37.3 Å². The van der Waals surface area contributed by atoms with Crippen molar-refractivity contribution in [2.45, 2.75) is 32.7 Å². The van der Waals surface area contributed by atoms with Crippen molar-refractivity contribution in [3.05, 3.63) is 40.0 Å². The third-order valence-electron chi connectivity index (χ3n) is 4.98. The monoisotopic (exact) mass is 342 g/mol. The van der Waals surface area contributed by atoms with Crippen molar-refractivity contribution in [3.8, 4) is 0 Å². The smallest absolute Gasteiger partial charge is 0.227 e. The number of amides is 1. The second-order valence-electron chi connectivity index (χ2n) is 6.63. The molecule has 0 radical (unpaired) electrons. The summed E-state index contributed by atoms with van der Waals surface area (Å²) >= 11 is 1.81. The maximum absolute atomic E-state index is 13.0. The van der Waals surface area contributed by atoms with E-state index in [1.54, 1.807) is 6.20 Å². The van der Waals surface area contributed by atoms with Gasteiger partial charge in [-0.1, -0.05) is 0 Å². The fourth-order valence-corrected chi connectivity index (χ4v) is 4.59. The van der Waals surface area contributed by atoms with Gasteiger partial charge in [-0.3, -0.25) is 4.79 Å². The molecule has 0 saturated carbocycles. The van der Waals surface area contributed by atoms with Gasteiger partial charge in [-0.2, -0.15) is 0 Å². The molecule has 2 aromatic heterocycles. The zero-order valence-corrected chi connectivity index (χ0v) is 14.8. The van der Waals surface area contributed by atoms with Gasteiger partial charge in [-0.05, 0) is 49.3 Å². The minimum absolute atomic E-state index is 0.0780. The van der Waals surface area contributed by atoms with E-state index < -0.39 is 0 Å². The van der Waals surface area contributed by atoms with E-state index in [4.69, 9.17) is 0 Å². The Bertz CT molecular complexity index is 744. The molecule has 6 heteroatoms. The zero-order chi connectivity index (χ0) is 16.5. The molecule has 1 fully saturated rings. The Morgan fingerprint density at radius 1 is 1.33 bits per heavy atom. The Labute approximate surface area is 146 Å². The lowest BCUT2D eigenvalue weighted by Gasteiger charge is -2.36. The van der Waals surface area contributed by atoms with Crippen LogP contribution in [0, 0.1) is 12.8 Å². The molecule has 2 aliphatic rings. The standard InChI is InChI=1S/C18H22N4OS/c1-13-19-7-4-17(20-13)21-8-2-3-15(12-21)18(23)22-9-5-16-14(11-22)6-10-24-16/h4,6-7,10,15H,2-3,5,8-9,11-12H2,1H3. The van der Waals surface area contributed by atoms with Gasteiger partial charge in [0.25, 0.3) is 0 Å². The SMILES string of the molecule is Cc1nccc(N2CCCC(C(=O)N3CCc4sccc4C3)C2)n1. The van der Waals surface area contributed by atoms with Crippen LogP contribution < -0.4 is 4.90 Å². The molecule has 4 heterocycles. The van der Waals surface area contributed by atoms with E-state index in [0.717, 1.165) is 57.1 Å². The maximum Gasteiger partial charge on any atom is 0.227 e. The topological polar surface area (TPSA) is 49.3 Å². The number of hydrogen-bond acceptors (Lipinski definition) is 5. The summed E-state index contributed by atoms with van der Waals surface area (Å²) in [7, 11) is 0. The van der Waals surface area contributed by atoms with Gasteiger partial charge in [-0.15, -0.1) is 11.3 Å². The summed E-state index contributed by atoms with van der Waals surface area (Å²) in [5, 5.41) is 2.14. The minimum atomic E-state index is 0.0780. The number of nitrogens with zero attached hydrogens (tertiary/aromatic N) is 4. The number of hydrogen-bond donors (Lipinski definition) is 0. The largest absolute Gasteiger partial charge is 0.356 e. The predicted molar refractivity (Wildman–Crippen MR) is 95.1 cm³/mol. The van der Waals surface area contributed by atoms with Crippen molar-refractivity contribution >= 4 is 23.1 Å². The van der Waals surface area contributed by atoms with Gasteiger partial charge in [-0.25, -0.2) is 9.97 Å². The van der Waals surface area contributed by atoms with Crippen LogP contribution in [-0.2, 0) is 17.8 Å². The number of rotatable bonds is 2. The summed E-state index contributed by atoms with van der Waals surface area (Å²) in [6, 6.07) is 4.11. The Kier molecular flexibility index (Phi) is 4.22. The average molecular weight is 342 g/mol. The number of anilines is 1. The summed E-state index contributed by atoms with van der Waals surface area (Å²) < 4.78 is 0. The molecule has 2 aliphatic heterocycles. The van der Waals surface area contributed by atoms with E-state index in [1.807, 2.05) is 24.3 Å². The normalized spacial score (nSPS) is 20.8. The third-order valence-corrected chi connectivity index (χ3v) is 6.00. The van der Waals surface area contributed by atoms with Crippen LogP contribution in [0.1, 0.15) is 29.1 Å². The molecular weight excluding hydrogens is 320 g/mol. The van der Waals surface area contributed by atoms with Crippen molar-refractivity contribution < 1.29 is 4.79 Å². The van der Waals surface area contributed by atoms with Crippen molar-refractivity contribution in [1.29, 1.82) is 0 Å². The van der Waals surface area contributed by atoms with E-state index in [-0.39, 0.29) is 5.92 Å². The average Bonchev–Trinajstić information content (AvgIpc) is 3.09. The number of aryl methyl sites for hydroxylation is 1. The number of fused-ring (bicyclic) bond motifs is 1. The molecule has 0 N–H and O–H groups in total.